The lowest BCUT2D eigenvalue weighted by molar-refractivity contribution is 0.0515. The first-order valence-electron chi connectivity index (χ1n) is 7.46. The molecular formula is C19H18N2O3. The maximum Gasteiger partial charge on any atom is 0.188 e. The molecule has 0 N–H and O–H groups in total. The minimum Gasteiger partial charge on any atom is -0.496 e. The third-order valence-corrected chi connectivity index (χ3v) is 3.65. The highest BCUT2D eigenvalue weighted by atomic mass is 16.7. The van der Waals surface area contributed by atoms with Crippen molar-refractivity contribution in [3.05, 3.63) is 54.6 Å². The zero-order valence-electron chi connectivity index (χ0n) is 13.7. The van der Waals surface area contributed by atoms with Gasteiger partial charge in [0, 0.05) is 23.6 Å². The number of methoxy groups -OCH3 is 2. The van der Waals surface area contributed by atoms with Crippen molar-refractivity contribution in [1.29, 1.82) is 0 Å². The van der Waals surface area contributed by atoms with E-state index in [1.54, 1.807) is 20.3 Å². The Balaban J connectivity index is 2.10. The van der Waals surface area contributed by atoms with Crippen LogP contribution in [0.2, 0.25) is 0 Å². The second-order valence-corrected chi connectivity index (χ2v) is 5.13. The monoisotopic (exact) mass is 322 g/mol. The van der Waals surface area contributed by atoms with Crippen LogP contribution >= 0.6 is 0 Å². The fourth-order valence-corrected chi connectivity index (χ4v) is 2.48. The van der Waals surface area contributed by atoms with E-state index in [2.05, 4.69) is 16.8 Å². The van der Waals surface area contributed by atoms with Crippen molar-refractivity contribution in [1.82, 2.24) is 10.2 Å². The molecule has 2 aromatic carbocycles. The van der Waals surface area contributed by atoms with E-state index in [4.69, 9.17) is 14.2 Å². The Labute approximate surface area is 140 Å². The van der Waals surface area contributed by atoms with E-state index in [0.717, 1.165) is 33.5 Å². The standard InChI is InChI=1S/C19H18N2O3/c1-4-13-9-16-14(11-19(13)23-3)10-17(21-20-16)15-7-5-6-8-18(15)24-12-22-2/h4-11H,1,12H2,2-3H3. The summed E-state index contributed by atoms with van der Waals surface area (Å²) in [5.41, 5.74) is 3.25. The molecule has 0 fully saturated rings. The van der Waals surface area contributed by atoms with Crippen molar-refractivity contribution in [2.75, 3.05) is 21.0 Å². The fourth-order valence-electron chi connectivity index (χ4n) is 2.48. The number of fused-ring (bicyclic) bond motifs is 1. The minimum absolute atomic E-state index is 0.175. The number of aromatic nitrogens is 2. The quantitative estimate of drug-likeness (QED) is 0.644. The Kier molecular flexibility index (Phi) is 4.72. The topological polar surface area (TPSA) is 53.5 Å². The van der Waals surface area contributed by atoms with Gasteiger partial charge in [0.25, 0.3) is 0 Å². The summed E-state index contributed by atoms with van der Waals surface area (Å²) in [6.07, 6.45) is 1.74. The van der Waals surface area contributed by atoms with Gasteiger partial charge in [-0.1, -0.05) is 24.8 Å². The van der Waals surface area contributed by atoms with Gasteiger partial charge in [-0.25, -0.2) is 0 Å². The first kappa shape index (κ1) is 16.0. The molecule has 3 rings (SSSR count). The van der Waals surface area contributed by atoms with Crippen LogP contribution in [0, 0.1) is 0 Å². The highest BCUT2D eigenvalue weighted by molar-refractivity contribution is 5.86. The molecule has 0 aliphatic heterocycles. The molecule has 0 saturated carbocycles. The Bertz CT molecular complexity index is 878. The van der Waals surface area contributed by atoms with Crippen LogP contribution in [0.15, 0.2) is 49.0 Å². The van der Waals surface area contributed by atoms with Gasteiger partial charge in [-0.2, -0.15) is 0 Å². The normalized spacial score (nSPS) is 10.6. The third kappa shape index (κ3) is 3.07. The summed E-state index contributed by atoms with van der Waals surface area (Å²) in [4.78, 5) is 0. The summed E-state index contributed by atoms with van der Waals surface area (Å²) in [6.45, 7) is 3.97. The van der Waals surface area contributed by atoms with Gasteiger partial charge in [-0.05, 0) is 30.3 Å². The number of ether oxygens (including phenoxy) is 3. The molecule has 0 atom stereocenters. The van der Waals surface area contributed by atoms with E-state index in [1.165, 1.54) is 0 Å². The second kappa shape index (κ2) is 7.10. The molecule has 0 amide bonds. The van der Waals surface area contributed by atoms with E-state index in [-0.39, 0.29) is 6.79 Å². The van der Waals surface area contributed by atoms with Crippen LogP contribution in [0.25, 0.3) is 28.2 Å². The Morgan fingerprint density at radius 2 is 1.88 bits per heavy atom. The number of hydrogen-bond acceptors (Lipinski definition) is 5. The molecule has 0 aliphatic carbocycles. The maximum absolute atomic E-state index is 5.61. The lowest BCUT2D eigenvalue weighted by Crippen LogP contribution is -2.01. The number of benzene rings is 2. The van der Waals surface area contributed by atoms with Gasteiger partial charge in [-0.15, -0.1) is 10.2 Å². The van der Waals surface area contributed by atoms with Crippen molar-refractivity contribution in [3.8, 4) is 22.8 Å². The van der Waals surface area contributed by atoms with Gasteiger partial charge in [0.15, 0.2) is 6.79 Å². The summed E-state index contributed by atoms with van der Waals surface area (Å²) < 4.78 is 16.0. The number of rotatable bonds is 6. The van der Waals surface area contributed by atoms with E-state index < -0.39 is 0 Å². The van der Waals surface area contributed by atoms with Gasteiger partial charge in [-0.3, -0.25) is 0 Å². The predicted octanol–water partition coefficient (Wildman–Crippen LogP) is 3.93. The molecule has 0 radical (unpaired) electrons. The second-order valence-electron chi connectivity index (χ2n) is 5.13. The molecule has 122 valence electrons. The maximum atomic E-state index is 5.61. The number of nitrogens with zero attached hydrogens (tertiary/aromatic N) is 2. The van der Waals surface area contributed by atoms with Crippen LogP contribution in [-0.2, 0) is 4.74 Å². The molecule has 0 bridgehead atoms. The number of para-hydroxylation sites is 1. The number of hydrogen-bond donors (Lipinski definition) is 0. The lowest BCUT2D eigenvalue weighted by atomic mass is 10.1. The van der Waals surface area contributed by atoms with Crippen LogP contribution in [0.3, 0.4) is 0 Å². The van der Waals surface area contributed by atoms with E-state index in [9.17, 15) is 0 Å². The molecule has 1 aromatic heterocycles. The van der Waals surface area contributed by atoms with Crippen LogP contribution in [0.1, 0.15) is 5.56 Å². The molecule has 0 saturated heterocycles. The van der Waals surface area contributed by atoms with Crippen LogP contribution in [0.4, 0.5) is 0 Å². The summed E-state index contributed by atoms with van der Waals surface area (Å²) in [6, 6.07) is 13.5. The van der Waals surface area contributed by atoms with Crippen LogP contribution in [-0.4, -0.2) is 31.2 Å². The largest absolute Gasteiger partial charge is 0.496 e. The third-order valence-electron chi connectivity index (χ3n) is 3.65. The first-order chi connectivity index (χ1) is 11.8. The van der Waals surface area contributed by atoms with Gasteiger partial charge in [0.05, 0.1) is 18.3 Å². The van der Waals surface area contributed by atoms with Crippen LogP contribution in [0.5, 0.6) is 11.5 Å². The van der Waals surface area contributed by atoms with Gasteiger partial charge < -0.3 is 14.2 Å². The highest BCUT2D eigenvalue weighted by Crippen LogP contribution is 2.31. The average Bonchev–Trinajstić information content (AvgIpc) is 2.64. The smallest absolute Gasteiger partial charge is 0.188 e. The Hall–Kier alpha value is -2.92. The first-order valence-corrected chi connectivity index (χ1v) is 7.46. The summed E-state index contributed by atoms with van der Waals surface area (Å²) in [5.74, 6) is 1.45. The van der Waals surface area contributed by atoms with Gasteiger partial charge in [0.1, 0.15) is 11.5 Å². The van der Waals surface area contributed by atoms with Crippen LogP contribution < -0.4 is 9.47 Å². The molecule has 5 nitrogen and oxygen atoms in total. The Morgan fingerprint density at radius 1 is 1.04 bits per heavy atom. The highest BCUT2D eigenvalue weighted by Gasteiger charge is 2.11. The lowest BCUT2D eigenvalue weighted by Gasteiger charge is -2.11. The molecule has 5 heteroatoms. The molecular weight excluding hydrogens is 304 g/mol. The van der Waals surface area contributed by atoms with E-state index in [1.807, 2.05) is 42.5 Å². The van der Waals surface area contributed by atoms with Crippen molar-refractivity contribution >= 4 is 17.0 Å². The Morgan fingerprint density at radius 3 is 2.62 bits per heavy atom. The fraction of sp³-hybridized carbons (Fsp3) is 0.158. The molecule has 1 heterocycles. The minimum atomic E-state index is 0.175. The van der Waals surface area contributed by atoms with E-state index in [0.29, 0.717) is 5.75 Å². The van der Waals surface area contributed by atoms with Crippen molar-refractivity contribution in [2.45, 2.75) is 0 Å². The van der Waals surface area contributed by atoms with E-state index >= 15 is 0 Å². The average molecular weight is 322 g/mol. The van der Waals surface area contributed by atoms with Gasteiger partial charge in [0.2, 0.25) is 0 Å². The SMILES string of the molecule is C=Cc1cc2nnc(-c3ccccc3OCOC)cc2cc1OC. The zero-order valence-corrected chi connectivity index (χ0v) is 13.7. The molecule has 0 aliphatic rings. The summed E-state index contributed by atoms with van der Waals surface area (Å²) in [7, 11) is 3.22. The van der Waals surface area contributed by atoms with Crippen molar-refractivity contribution < 1.29 is 14.2 Å². The van der Waals surface area contributed by atoms with Crippen molar-refractivity contribution in [2.24, 2.45) is 0 Å². The van der Waals surface area contributed by atoms with Crippen molar-refractivity contribution in [3.63, 3.8) is 0 Å². The molecule has 0 spiro atoms. The summed E-state index contributed by atoms with van der Waals surface area (Å²) in [5, 5.41) is 9.59. The van der Waals surface area contributed by atoms with Gasteiger partial charge >= 0.3 is 0 Å². The zero-order chi connectivity index (χ0) is 16.9. The summed E-state index contributed by atoms with van der Waals surface area (Å²) >= 11 is 0. The molecule has 0 unspecified atom stereocenters. The molecule has 3 aromatic rings. The molecule has 24 heavy (non-hydrogen) atoms. The predicted molar refractivity (Wildman–Crippen MR) is 94.1 cm³/mol.